The Morgan fingerprint density at radius 1 is 1.03 bits per heavy atom. The van der Waals surface area contributed by atoms with E-state index in [-0.39, 0.29) is 36.6 Å². The van der Waals surface area contributed by atoms with Crippen LogP contribution in [-0.2, 0) is 22.6 Å². The van der Waals surface area contributed by atoms with Crippen LogP contribution in [0.25, 0.3) is 0 Å². The van der Waals surface area contributed by atoms with Crippen molar-refractivity contribution in [2.45, 2.75) is 70.5 Å². The Balaban J connectivity index is 1.87. The molecule has 1 unspecified atom stereocenters. The Kier molecular flexibility index (Phi) is 8.00. The second-order valence-electron chi connectivity index (χ2n) is 8.02. The number of benzene rings is 2. The molecule has 1 fully saturated rings. The summed E-state index contributed by atoms with van der Waals surface area (Å²) < 4.78 is 14.3. The van der Waals surface area contributed by atoms with Gasteiger partial charge in [0.05, 0.1) is 0 Å². The van der Waals surface area contributed by atoms with E-state index in [2.05, 4.69) is 5.32 Å². The molecule has 0 spiro atoms. The molecule has 0 heterocycles. The lowest BCUT2D eigenvalue weighted by atomic mass is 9.94. The lowest BCUT2D eigenvalue weighted by Gasteiger charge is -2.33. The zero-order valence-corrected chi connectivity index (χ0v) is 17.6. The molecule has 0 bridgehead atoms. The molecule has 0 aliphatic heterocycles. The predicted octanol–water partition coefficient (Wildman–Crippen LogP) is 4.62. The van der Waals surface area contributed by atoms with Crippen molar-refractivity contribution in [2.24, 2.45) is 0 Å². The number of nitrogens with zero attached hydrogens (tertiary/aromatic N) is 1. The van der Waals surface area contributed by atoms with Gasteiger partial charge in [0.25, 0.3) is 0 Å². The molecule has 0 radical (unpaired) electrons. The highest BCUT2D eigenvalue weighted by Gasteiger charge is 2.31. The fraction of sp³-hybridized carbons (Fsp3) is 0.440. The van der Waals surface area contributed by atoms with Crippen LogP contribution in [0.4, 0.5) is 4.39 Å². The Labute approximate surface area is 178 Å². The fourth-order valence-corrected chi connectivity index (χ4v) is 4.11. The van der Waals surface area contributed by atoms with Crippen LogP contribution in [0, 0.1) is 5.82 Å². The summed E-state index contributed by atoms with van der Waals surface area (Å²) in [6.07, 6.45) is 6.03. The highest BCUT2D eigenvalue weighted by molar-refractivity contribution is 5.88. The van der Waals surface area contributed by atoms with Gasteiger partial charge in [0.1, 0.15) is 11.9 Å². The van der Waals surface area contributed by atoms with Gasteiger partial charge < -0.3 is 10.2 Å². The standard InChI is InChI=1S/C25H31FN2O2/c1-2-24(29)28(18-20-13-9-10-16-22(20)26)23(17-19-11-5-3-6-12-19)25(30)27-21-14-7-4-8-15-21/h3,5-6,9-13,16,21,23H,2,4,7-8,14-15,17-18H2,1H3,(H,27,30). The minimum absolute atomic E-state index is 0.0783. The van der Waals surface area contributed by atoms with Crippen molar-refractivity contribution in [1.29, 1.82) is 0 Å². The van der Waals surface area contributed by atoms with Gasteiger partial charge in [0.2, 0.25) is 11.8 Å². The molecule has 1 N–H and O–H groups in total. The Morgan fingerprint density at radius 3 is 2.37 bits per heavy atom. The van der Waals surface area contributed by atoms with E-state index in [0.717, 1.165) is 31.2 Å². The Bertz CT molecular complexity index is 834. The van der Waals surface area contributed by atoms with E-state index < -0.39 is 6.04 Å². The molecule has 30 heavy (non-hydrogen) atoms. The third-order valence-corrected chi connectivity index (χ3v) is 5.82. The maximum atomic E-state index is 14.3. The molecule has 3 rings (SSSR count). The summed E-state index contributed by atoms with van der Waals surface area (Å²) in [7, 11) is 0. The minimum atomic E-state index is -0.679. The van der Waals surface area contributed by atoms with Crippen molar-refractivity contribution in [1.82, 2.24) is 10.2 Å². The van der Waals surface area contributed by atoms with E-state index in [1.54, 1.807) is 30.0 Å². The largest absolute Gasteiger partial charge is 0.352 e. The van der Waals surface area contributed by atoms with Crippen LogP contribution in [0.15, 0.2) is 54.6 Å². The van der Waals surface area contributed by atoms with E-state index in [0.29, 0.717) is 12.0 Å². The molecule has 4 nitrogen and oxygen atoms in total. The molecule has 1 aliphatic rings. The van der Waals surface area contributed by atoms with Crippen LogP contribution in [0.3, 0.4) is 0 Å². The number of halogens is 1. The zero-order valence-electron chi connectivity index (χ0n) is 17.6. The van der Waals surface area contributed by atoms with Crippen LogP contribution >= 0.6 is 0 Å². The van der Waals surface area contributed by atoms with E-state index in [1.165, 1.54) is 12.5 Å². The third kappa shape index (κ3) is 5.91. The number of nitrogens with one attached hydrogen (secondary N) is 1. The van der Waals surface area contributed by atoms with Gasteiger partial charge in [-0.2, -0.15) is 0 Å². The van der Waals surface area contributed by atoms with Crippen LogP contribution in [-0.4, -0.2) is 28.8 Å². The topological polar surface area (TPSA) is 49.4 Å². The number of rotatable bonds is 8. The molecule has 1 saturated carbocycles. The summed E-state index contributed by atoms with van der Waals surface area (Å²) in [6, 6.07) is 15.6. The first-order valence-electron chi connectivity index (χ1n) is 11.0. The quantitative estimate of drug-likeness (QED) is 0.690. The summed E-state index contributed by atoms with van der Waals surface area (Å²) in [5, 5.41) is 3.17. The predicted molar refractivity (Wildman–Crippen MR) is 116 cm³/mol. The number of hydrogen-bond acceptors (Lipinski definition) is 2. The van der Waals surface area contributed by atoms with Crippen LogP contribution in [0.2, 0.25) is 0 Å². The van der Waals surface area contributed by atoms with E-state index in [9.17, 15) is 14.0 Å². The highest BCUT2D eigenvalue weighted by atomic mass is 19.1. The first-order valence-corrected chi connectivity index (χ1v) is 11.0. The molecule has 160 valence electrons. The summed E-state index contributed by atoms with van der Waals surface area (Å²) in [4.78, 5) is 27.8. The lowest BCUT2D eigenvalue weighted by Crippen LogP contribution is -2.52. The van der Waals surface area contributed by atoms with Gasteiger partial charge in [-0.05, 0) is 24.5 Å². The van der Waals surface area contributed by atoms with Gasteiger partial charge in [-0.1, -0.05) is 74.7 Å². The minimum Gasteiger partial charge on any atom is -0.352 e. The van der Waals surface area contributed by atoms with E-state index in [4.69, 9.17) is 0 Å². The number of amides is 2. The van der Waals surface area contributed by atoms with E-state index in [1.807, 2.05) is 30.3 Å². The highest BCUT2D eigenvalue weighted by Crippen LogP contribution is 2.20. The van der Waals surface area contributed by atoms with Crippen molar-refractivity contribution in [3.05, 3.63) is 71.5 Å². The van der Waals surface area contributed by atoms with Gasteiger partial charge in [-0.25, -0.2) is 4.39 Å². The van der Waals surface area contributed by atoms with Crippen molar-refractivity contribution in [2.75, 3.05) is 0 Å². The van der Waals surface area contributed by atoms with Gasteiger partial charge in [-0.3, -0.25) is 9.59 Å². The number of carbonyl (C=O) groups excluding carboxylic acids is 2. The fourth-order valence-electron chi connectivity index (χ4n) is 4.11. The second kappa shape index (κ2) is 10.9. The maximum absolute atomic E-state index is 14.3. The molecule has 0 aromatic heterocycles. The normalized spacial score (nSPS) is 15.4. The van der Waals surface area contributed by atoms with Gasteiger partial charge >= 0.3 is 0 Å². The molecule has 1 atom stereocenters. The molecule has 2 aromatic carbocycles. The van der Waals surface area contributed by atoms with Gasteiger partial charge in [0, 0.05) is 31.0 Å². The first kappa shape index (κ1) is 22.0. The number of carbonyl (C=O) groups is 2. The van der Waals surface area contributed by atoms with Crippen molar-refractivity contribution >= 4 is 11.8 Å². The monoisotopic (exact) mass is 410 g/mol. The molecule has 2 amide bonds. The summed E-state index contributed by atoms with van der Waals surface area (Å²) >= 11 is 0. The third-order valence-electron chi connectivity index (χ3n) is 5.82. The van der Waals surface area contributed by atoms with Gasteiger partial charge in [-0.15, -0.1) is 0 Å². The Morgan fingerprint density at radius 2 is 1.70 bits per heavy atom. The molecule has 2 aromatic rings. The molecule has 1 aliphatic carbocycles. The van der Waals surface area contributed by atoms with Crippen LogP contribution < -0.4 is 5.32 Å². The Hall–Kier alpha value is -2.69. The maximum Gasteiger partial charge on any atom is 0.243 e. The SMILES string of the molecule is CCC(=O)N(Cc1ccccc1F)C(Cc1ccccc1)C(=O)NC1CCCCC1. The lowest BCUT2D eigenvalue weighted by molar-refractivity contribution is -0.141. The van der Waals surface area contributed by atoms with Crippen molar-refractivity contribution < 1.29 is 14.0 Å². The van der Waals surface area contributed by atoms with Crippen molar-refractivity contribution in [3.8, 4) is 0 Å². The zero-order chi connectivity index (χ0) is 21.3. The molecule has 5 heteroatoms. The van der Waals surface area contributed by atoms with E-state index >= 15 is 0 Å². The second-order valence-corrected chi connectivity index (χ2v) is 8.02. The molecular weight excluding hydrogens is 379 g/mol. The first-order chi connectivity index (χ1) is 14.6. The summed E-state index contributed by atoms with van der Waals surface area (Å²) in [6.45, 7) is 1.85. The van der Waals surface area contributed by atoms with Crippen LogP contribution in [0.5, 0.6) is 0 Å². The van der Waals surface area contributed by atoms with Crippen LogP contribution in [0.1, 0.15) is 56.6 Å². The molecular formula is C25H31FN2O2. The summed E-state index contributed by atoms with van der Waals surface area (Å²) in [5.74, 6) is -0.667. The smallest absolute Gasteiger partial charge is 0.243 e. The van der Waals surface area contributed by atoms with Crippen molar-refractivity contribution in [3.63, 3.8) is 0 Å². The average molecular weight is 411 g/mol. The number of hydrogen-bond donors (Lipinski definition) is 1. The summed E-state index contributed by atoms with van der Waals surface area (Å²) in [5.41, 5.74) is 1.39. The average Bonchev–Trinajstić information content (AvgIpc) is 2.78. The molecule has 0 saturated heterocycles. The van der Waals surface area contributed by atoms with Gasteiger partial charge in [0.15, 0.2) is 0 Å².